The predicted octanol–water partition coefficient (Wildman–Crippen LogP) is 15.6. The number of aromatic nitrogens is 1. The molecular weight excluding hydrogens is 761 g/mol. The van der Waals surface area contributed by atoms with Gasteiger partial charge in [0, 0.05) is 27.8 Å². The van der Waals surface area contributed by atoms with Crippen molar-refractivity contribution in [1.29, 1.82) is 0 Å². The number of fused-ring (bicyclic) bond motifs is 5. The Morgan fingerprint density at radius 1 is 0.556 bits per heavy atom. The molecule has 0 radical (unpaired) electrons. The molecule has 0 saturated carbocycles. The second-order valence-corrected chi connectivity index (χ2v) is 17.3. The third-order valence-corrected chi connectivity index (χ3v) is 13.9. The van der Waals surface area contributed by atoms with Crippen LogP contribution < -0.4 is 4.90 Å². The lowest BCUT2D eigenvalue weighted by Crippen LogP contribution is -2.31. The van der Waals surface area contributed by atoms with Crippen molar-refractivity contribution < 1.29 is 0 Å². The van der Waals surface area contributed by atoms with E-state index >= 15 is 0 Å². The summed E-state index contributed by atoms with van der Waals surface area (Å²) in [6.45, 7) is 0. The maximum Gasteiger partial charge on any atom is 0.0677 e. The number of nitrogens with zero attached hydrogens (tertiary/aromatic N) is 2. The average Bonchev–Trinajstić information content (AvgIpc) is 3.86. The molecule has 2 nitrogen and oxygen atoms in total. The first-order valence-electron chi connectivity index (χ1n) is 22.7. The number of benzene rings is 7. The molecular formula is C61H48N2. The second-order valence-electron chi connectivity index (χ2n) is 17.3. The Kier molecular flexibility index (Phi) is 9.18. The molecule has 4 aliphatic carbocycles. The first kappa shape index (κ1) is 37.4. The van der Waals surface area contributed by atoms with Gasteiger partial charge in [-0.05, 0) is 136 Å². The van der Waals surface area contributed by atoms with Gasteiger partial charge >= 0.3 is 0 Å². The molecule has 0 fully saturated rings. The smallest absolute Gasteiger partial charge is 0.0677 e. The van der Waals surface area contributed by atoms with Crippen LogP contribution in [-0.2, 0) is 5.41 Å². The number of allylic oxidation sites excluding steroid dienone is 10. The van der Waals surface area contributed by atoms with Crippen molar-refractivity contribution in [1.82, 2.24) is 4.57 Å². The Balaban J connectivity index is 0.965. The van der Waals surface area contributed by atoms with Crippen LogP contribution in [0.15, 0.2) is 241 Å². The molecule has 1 atom stereocenters. The maximum atomic E-state index is 2.55. The van der Waals surface area contributed by atoms with Gasteiger partial charge in [0.1, 0.15) is 0 Å². The molecule has 1 heterocycles. The largest absolute Gasteiger partial charge is 0.334 e. The Labute approximate surface area is 370 Å². The summed E-state index contributed by atoms with van der Waals surface area (Å²) < 4.78 is 2.48. The summed E-state index contributed by atoms with van der Waals surface area (Å²) in [5.41, 5.74) is 19.3. The normalized spacial score (nSPS) is 17.6. The molecule has 0 aliphatic heterocycles. The minimum Gasteiger partial charge on any atom is -0.334 e. The van der Waals surface area contributed by atoms with Crippen LogP contribution in [0, 0.1) is 0 Å². The van der Waals surface area contributed by atoms with Gasteiger partial charge in [0.15, 0.2) is 0 Å². The topological polar surface area (TPSA) is 8.17 Å². The van der Waals surface area contributed by atoms with E-state index in [1.807, 2.05) is 0 Å². The Morgan fingerprint density at radius 2 is 1.25 bits per heavy atom. The van der Waals surface area contributed by atoms with Gasteiger partial charge in [-0.15, -0.1) is 0 Å². The van der Waals surface area contributed by atoms with Crippen LogP contribution in [0.4, 0.5) is 11.4 Å². The molecule has 8 aromatic rings. The summed E-state index contributed by atoms with van der Waals surface area (Å²) in [5, 5.41) is 2.58. The summed E-state index contributed by atoms with van der Waals surface area (Å²) in [4.78, 5) is 2.55. The number of para-hydroxylation sites is 2. The molecule has 302 valence electrons. The molecule has 2 heteroatoms. The van der Waals surface area contributed by atoms with E-state index in [-0.39, 0.29) is 6.04 Å². The van der Waals surface area contributed by atoms with E-state index in [0.29, 0.717) is 0 Å². The number of hydrogen-bond donors (Lipinski definition) is 0. The molecule has 7 aromatic carbocycles. The molecule has 0 spiro atoms. The monoisotopic (exact) mass is 808 g/mol. The zero-order valence-corrected chi connectivity index (χ0v) is 35.4. The fourth-order valence-corrected chi connectivity index (χ4v) is 11.3. The Bertz CT molecular complexity index is 3190. The van der Waals surface area contributed by atoms with Crippen molar-refractivity contribution in [3.63, 3.8) is 0 Å². The first-order valence-corrected chi connectivity index (χ1v) is 22.7. The van der Waals surface area contributed by atoms with Crippen molar-refractivity contribution >= 4 is 44.5 Å². The summed E-state index contributed by atoms with van der Waals surface area (Å²) in [6.07, 6.45) is 21.7. The summed E-state index contributed by atoms with van der Waals surface area (Å²) >= 11 is 0. The van der Waals surface area contributed by atoms with Crippen LogP contribution in [-0.4, -0.2) is 10.6 Å². The SMILES string of the molecule is C1=CCCC(n2c3ccccc3c3cc(N(c4ccccc4)C4C=CC(C5=CCCC6=C5c5ccc(-c7ccccc7)cc5C6(c5ccccc5)c5ccccc5)=CC4)ccc32)=C1. The lowest BCUT2D eigenvalue weighted by molar-refractivity contribution is 0.695. The zero-order valence-electron chi connectivity index (χ0n) is 35.4. The van der Waals surface area contributed by atoms with Gasteiger partial charge < -0.3 is 9.47 Å². The second kappa shape index (κ2) is 15.5. The van der Waals surface area contributed by atoms with Crippen LogP contribution in [0.25, 0.3) is 44.2 Å². The van der Waals surface area contributed by atoms with Crippen LogP contribution in [0.5, 0.6) is 0 Å². The molecule has 0 bridgehead atoms. The van der Waals surface area contributed by atoms with Crippen molar-refractivity contribution in [2.24, 2.45) is 0 Å². The summed E-state index contributed by atoms with van der Waals surface area (Å²) in [7, 11) is 0. The molecule has 0 N–H and O–H groups in total. The lowest BCUT2D eigenvalue weighted by Gasteiger charge is -2.37. The standard InChI is InChI=1S/C61H48N2/c1-6-19-43(20-7-1)45-35-39-54-57(41-45)61(46-21-8-2-9-22-46,47-23-10-3-11-24-47)56-31-18-30-52(60(54)56)44-33-36-50(37-34-44)62(48-25-12-4-13-26-48)51-38-40-59-55(42-51)53-29-16-17-32-58(53)63(59)49-27-14-5-15-28-49/h1-14,16-17,19-27,29-30,32-36,38-42,50H,15,18,28,31,37H2. The third kappa shape index (κ3) is 6.08. The highest BCUT2D eigenvalue weighted by molar-refractivity contribution is 6.11. The first-order chi connectivity index (χ1) is 31.3. The molecule has 0 saturated heterocycles. The highest BCUT2D eigenvalue weighted by Crippen LogP contribution is 2.60. The van der Waals surface area contributed by atoms with E-state index in [2.05, 4.69) is 234 Å². The molecule has 63 heavy (non-hydrogen) atoms. The van der Waals surface area contributed by atoms with Gasteiger partial charge in [0.25, 0.3) is 0 Å². The summed E-state index contributed by atoms with van der Waals surface area (Å²) in [5.74, 6) is 0. The van der Waals surface area contributed by atoms with Crippen molar-refractivity contribution in [3.8, 4) is 11.1 Å². The highest BCUT2D eigenvalue weighted by Gasteiger charge is 2.49. The van der Waals surface area contributed by atoms with Gasteiger partial charge in [-0.3, -0.25) is 0 Å². The molecule has 4 aliphatic rings. The van der Waals surface area contributed by atoms with Gasteiger partial charge in [-0.25, -0.2) is 0 Å². The third-order valence-electron chi connectivity index (χ3n) is 13.9. The number of hydrogen-bond acceptors (Lipinski definition) is 1. The Morgan fingerprint density at radius 3 is 1.97 bits per heavy atom. The van der Waals surface area contributed by atoms with Gasteiger partial charge in [-0.1, -0.05) is 176 Å². The van der Waals surface area contributed by atoms with E-state index in [4.69, 9.17) is 0 Å². The van der Waals surface area contributed by atoms with E-state index in [1.54, 1.807) is 0 Å². The number of anilines is 2. The molecule has 1 unspecified atom stereocenters. The van der Waals surface area contributed by atoms with Gasteiger partial charge in [0.05, 0.1) is 22.5 Å². The fourth-order valence-electron chi connectivity index (χ4n) is 11.3. The predicted molar refractivity (Wildman–Crippen MR) is 265 cm³/mol. The zero-order chi connectivity index (χ0) is 41.7. The van der Waals surface area contributed by atoms with E-state index in [1.165, 1.54) is 94.6 Å². The van der Waals surface area contributed by atoms with Crippen molar-refractivity contribution in [3.05, 3.63) is 263 Å². The number of rotatable bonds is 8. The van der Waals surface area contributed by atoms with E-state index in [0.717, 1.165) is 32.1 Å². The van der Waals surface area contributed by atoms with E-state index < -0.39 is 5.41 Å². The van der Waals surface area contributed by atoms with Crippen LogP contribution in [0.3, 0.4) is 0 Å². The van der Waals surface area contributed by atoms with Crippen molar-refractivity contribution in [2.45, 2.75) is 43.6 Å². The summed E-state index contributed by atoms with van der Waals surface area (Å²) in [6, 6.07) is 67.8. The quantitative estimate of drug-likeness (QED) is 0.148. The minimum atomic E-state index is -0.408. The van der Waals surface area contributed by atoms with Gasteiger partial charge in [-0.2, -0.15) is 0 Å². The highest BCUT2D eigenvalue weighted by atomic mass is 15.2. The van der Waals surface area contributed by atoms with Crippen LogP contribution in [0.1, 0.15) is 54.4 Å². The Hall–Kier alpha value is -7.42. The van der Waals surface area contributed by atoms with Crippen LogP contribution >= 0.6 is 0 Å². The van der Waals surface area contributed by atoms with Crippen LogP contribution in [0.2, 0.25) is 0 Å². The maximum absolute atomic E-state index is 2.55. The van der Waals surface area contributed by atoms with E-state index in [9.17, 15) is 0 Å². The van der Waals surface area contributed by atoms with Gasteiger partial charge in [0.2, 0.25) is 0 Å². The van der Waals surface area contributed by atoms with Crippen molar-refractivity contribution in [2.75, 3.05) is 4.90 Å². The minimum absolute atomic E-state index is 0.141. The fraction of sp³-hybridized carbons (Fsp3) is 0.115. The lowest BCUT2D eigenvalue weighted by atomic mass is 9.65. The molecule has 1 aromatic heterocycles. The molecule has 0 amide bonds. The molecule has 12 rings (SSSR count). The average molecular weight is 809 g/mol.